The van der Waals surface area contributed by atoms with Crippen molar-refractivity contribution in [1.29, 1.82) is 0 Å². The molecule has 98 valence electrons. The first kappa shape index (κ1) is 12.5. The van der Waals surface area contributed by atoms with Gasteiger partial charge in [-0.05, 0) is 18.8 Å². The van der Waals surface area contributed by atoms with Gasteiger partial charge in [-0.2, -0.15) is 4.98 Å². The van der Waals surface area contributed by atoms with E-state index in [2.05, 4.69) is 20.6 Å². The van der Waals surface area contributed by atoms with Crippen LogP contribution in [0, 0.1) is 16.0 Å². The van der Waals surface area contributed by atoms with E-state index >= 15 is 0 Å². The zero-order valence-corrected chi connectivity index (χ0v) is 10.3. The largest absolute Gasteiger partial charge is 0.364 e. The third-order valence-electron chi connectivity index (χ3n) is 3.22. The van der Waals surface area contributed by atoms with E-state index in [0.29, 0.717) is 17.7 Å². The van der Waals surface area contributed by atoms with Gasteiger partial charge < -0.3 is 10.6 Å². The topological polar surface area (TPSA) is 93.0 Å². The molecule has 0 bridgehead atoms. The third-order valence-corrected chi connectivity index (χ3v) is 3.22. The van der Waals surface area contributed by atoms with Crippen LogP contribution >= 0.6 is 0 Å². The standard InChI is InChI=1S/C11H17N5O2/c1-12-11-14-7-9(16(17)18)10(15-11)13-6-8-4-2-3-5-8/h7-8H,2-6H2,1H3,(H2,12,13,14,15). The lowest BCUT2D eigenvalue weighted by Gasteiger charge is -2.11. The third kappa shape index (κ3) is 2.85. The Bertz CT molecular complexity index is 431. The van der Waals surface area contributed by atoms with Gasteiger partial charge >= 0.3 is 5.69 Å². The maximum atomic E-state index is 10.9. The quantitative estimate of drug-likeness (QED) is 0.614. The van der Waals surface area contributed by atoms with E-state index < -0.39 is 4.92 Å². The molecule has 7 nitrogen and oxygen atoms in total. The number of aromatic nitrogens is 2. The van der Waals surface area contributed by atoms with Crippen molar-refractivity contribution in [1.82, 2.24) is 9.97 Å². The van der Waals surface area contributed by atoms with Gasteiger partial charge in [0.05, 0.1) is 4.92 Å². The summed E-state index contributed by atoms with van der Waals surface area (Å²) in [5, 5.41) is 16.7. The normalized spacial score (nSPS) is 15.6. The highest BCUT2D eigenvalue weighted by Crippen LogP contribution is 2.27. The predicted octanol–water partition coefficient (Wildman–Crippen LogP) is 2.03. The SMILES string of the molecule is CNc1ncc([N+](=O)[O-])c(NCC2CCCC2)n1. The molecule has 0 aliphatic heterocycles. The summed E-state index contributed by atoms with van der Waals surface area (Å²) in [7, 11) is 1.68. The Morgan fingerprint density at radius 3 is 2.83 bits per heavy atom. The molecular weight excluding hydrogens is 234 g/mol. The molecule has 0 spiro atoms. The summed E-state index contributed by atoms with van der Waals surface area (Å²) in [5.41, 5.74) is -0.0769. The highest BCUT2D eigenvalue weighted by Gasteiger charge is 2.20. The average Bonchev–Trinajstić information content (AvgIpc) is 2.88. The number of hydrogen-bond acceptors (Lipinski definition) is 6. The molecule has 18 heavy (non-hydrogen) atoms. The lowest BCUT2D eigenvalue weighted by molar-refractivity contribution is -0.384. The van der Waals surface area contributed by atoms with Crippen LogP contribution in [0.15, 0.2) is 6.20 Å². The molecule has 7 heteroatoms. The molecule has 2 N–H and O–H groups in total. The van der Waals surface area contributed by atoms with Crippen molar-refractivity contribution >= 4 is 17.5 Å². The first-order chi connectivity index (χ1) is 8.70. The maximum Gasteiger partial charge on any atom is 0.329 e. The van der Waals surface area contributed by atoms with E-state index in [1.54, 1.807) is 7.05 Å². The average molecular weight is 251 g/mol. The zero-order valence-electron chi connectivity index (χ0n) is 10.3. The fourth-order valence-electron chi connectivity index (χ4n) is 2.22. The first-order valence-corrected chi connectivity index (χ1v) is 6.13. The molecule has 1 aromatic heterocycles. The van der Waals surface area contributed by atoms with E-state index in [1.807, 2.05) is 0 Å². The predicted molar refractivity (Wildman–Crippen MR) is 68.7 cm³/mol. The molecule has 0 unspecified atom stereocenters. The Morgan fingerprint density at radius 1 is 1.50 bits per heavy atom. The Balaban J connectivity index is 2.10. The molecule has 0 radical (unpaired) electrons. The highest BCUT2D eigenvalue weighted by molar-refractivity contribution is 5.56. The van der Waals surface area contributed by atoms with Gasteiger partial charge in [0.15, 0.2) is 0 Å². The smallest absolute Gasteiger partial charge is 0.329 e. The monoisotopic (exact) mass is 251 g/mol. The van der Waals surface area contributed by atoms with E-state index in [1.165, 1.54) is 31.9 Å². The van der Waals surface area contributed by atoms with Crippen LogP contribution in [0.1, 0.15) is 25.7 Å². The van der Waals surface area contributed by atoms with Crippen LogP contribution in [-0.2, 0) is 0 Å². The molecule has 1 aromatic rings. The van der Waals surface area contributed by atoms with Crippen LogP contribution in [0.4, 0.5) is 17.5 Å². The Kier molecular flexibility index (Phi) is 3.91. The molecule has 0 saturated heterocycles. The fraction of sp³-hybridized carbons (Fsp3) is 0.636. The first-order valence-electron chi connectivity index (χ1n) is 6.13. The fourth-order valence-corrected chi connectivity index (χ4v) is 2.22. The maximum absolute atomic E-state index is 10.9. The second-order valence-corrected chi connectivity index (χ2v) is 4.47. The number of hydrogen-bond donors (Lipinski definition) is 2. The van der Waals surface area contributed by atoms with Crippen molar-refractivity contribution in [2.75, 3.05) is 24.2 Å². The van der Waals surface area contributed by atoms with Crippen LogP contribution in [0.2, 0.25) is 0 Å². The van der Waals surface area contributed by atoms with Crippen LogP contribution in [0.25, 0.3) is 0 Å². The molecule has 1 aliphatic carbocycles. The summed E-state index contributed by atoms with van der Waals surface area (Å²) in [6.07, 6.45) is 6.10. The zero-order chi connectivity index (χ0) is 13.0. The van der Waals surface area contributed by atoms with Gasteiger partial charge in [-0.3, -0.25) is 10.1 Å². The van der Waals surface area contributed by atoms with Crippen molar-refractivity contribution in [2.45, 2.75) is 25.7 Å². The second kappa shape index (κ2) is 5.61. The van der Waals surface area contributed by atoms with Crippen LogP contribution in [-0.4, -0.2) is 28.5 Å². The number of rotatable bonds is 5. The minimum Gasteiger partial charge on any atom is -0.364 e. The molecule has 0 amide bonds. The molecule has 1 heterocycles. The number of nitrogens with one attached hydrogen (secondary N) is 2. The van der Waals surface area contributed by atoms with Crippen molar-refractivity contribution in [2.24, 2.45) is 5.92 Å². The van der Waals surface area contributed by atoms with Gasteiger partial charge in [0.25, 0.3) is 0 Å². The number of anilines is 2. The van der Waals surface area contributed by atoms with Gasteiger partial charge in [-0.1, -0.05) is 12.8 Å². The minimum absolute atomic E-state index is 0.0769. The minimum atomic E-state index is -0.462. The van der Waals surface area contributed by atoms with E-state index in [4.69, 9.17) is 0 Å². The summed E-state index contributed by atoms with van der Waals surface area (Å²) >= 11 is 0. The molecular formula is C11H17N5O2. The van der Waals surface area contributed by atoms with Gasteiger partial charge in [0, 0.05) is 13.6 Å². The molecule has 1 fully saturated rings. The lowest BCUT2D eigenvalue weighted by atomic mass is 10.1. The highest BCUT2D eigenvalue weighted by atomic mass is 16.6. The molecule has 0 atom stereocenters. The lowest BCUT2D eigenvalue weighted by Crippen LogP contribution is -2.14. The Hall–Kier alpha value is -1.92. The summed E-state index contributed by atoms with van der Waals surface area (Å²) in [6, 6.07) is 0. The van der Waals surface area contributed by atoms with Crippen LogP contribution in [0.3, 0.4) is 0 Å². The van der Waals surface area contributed by atoms with Gasteiger partial charge in [0.1, 0.15) is 6.20 Å². The number of nitrogens with zero attached hydrogens (tertiary/aromatic N) is 3. The summed E-state index contributed by atoms with van der Waals surface area (Å²) in [5.74, 6) is 1.28. The van der Waals surface area contributed by atoms with Gasteiger partial charge in [-0.15, -0.1) is 0 Å². The van der Waals surface area contributed by atoms with E-state index in [0.717, 1.165) is 6.54 Å². The summed E-state index contributed by atoms with van der Waals surface area (Å²) in [4.78, 5) is 18.4. The Labute approximate surface area is 105 Å². The van der Waals surface area contributed by atoms with E-state index in [9.17, 15) is 10.1 Å². The van der Waals surface area contributed by atoms with Crippen LogP contribution < -0.4 is 10.6 Å². The van der Waals surface area contributed by atoms with Gasteiger partial charge in [-0.25, -0.2) is 4.98 Å². The van der Waals surface area contributed by atoms with Crippen molar-refractivity contribution in [3.63, 3.8) is 0 Å². The summed E-state index contributed by atoms with van der Waals surface area (Å²) < 4.78 is 0. The Morgan fingerprint density at radius 2 is 2.22 bits per heavy atom. The molecule has 1 saturated carbocycles. The molecule has 2 rings (SSSR count). The molecule has 0 aromatic carbocycles. The van der Waals surface area contributed by atoms with Crippen molar-refractivity contribution in [3.05, 3.63) is 16.3 Å². The van der Waals surface area contributed by atoms with Gasteiger partial charge in [0.2, 0.25) is 11.8 Å². The van der Waals surface area contributed by atoms with Crippen molar-refractivity contribution in [3.8, 4) is 0 Å². The van der Waals surface area contributed by atoms with E-state index in [-0.39, 0.29) is 5.69 Å². The molecule has 1 aliphatic rings. The van der Waals surface area contributed by atoms with Crippen molar-refractivity contribution < 1.29 is 4.92 Å². The van der Waals surface area contributed by atoms with Crippen LogP contribution in [0.5, 0.6) is 0 Å². The second-order valence-electron chi connectivity index (χ2n) is 4.47. The summed E-state index contributed by atoms with van der Waals surface area (Å²) in [6.45, 7) is 0.737. The number of nitro groups is 1.